The molecule has 0 bridgehead atoms. The largest absolute Gasteiger partial charge is 0.382 e. The summed E-state index contributed by atoms with van der Waals surface area (Å²) >= 11 is 1.26. The molecule has 2 aromatic heterocycles. The van der Waals surface area contributed by atoms with Gasteiger partial charge in [-0.1, -0.05) is 16.5 Å². The van der Waals surface area contributed by atoms with Crippen LogP contribution in [-0.4, -0.2) is 40.2 Å². The summed E-state index contributed by atoms with van der Waals surface area (Å²) in [5.74, 6) is 0.322. The van der Waals surface area contributed by atoms with E-state index in [-0.39, 0.29) is 24.3 Å². The van der Waals surface area contributed by atoms with Gasteiger partial charge >= 0.3 is 0 Å². The van der Waals surface area contributed by atoms with Gasteiger partial charge in [-0.2, -0.15) is 4.98 Å². The average Bonchev–Trinajstić information content (AvgIpc) is 3.16. The second-order valence-electron chi connectivity index (χ2n) is 4.74. The SMILES string of the molecule is Nc1nc(N2CCC(N)C2)sc1C(=O)NCc1ncon1. The summed E-state index contributed by atoms with van der Waals surface area (Å²) in [5, 5.41) is 7.02. The monoisotopic (exact) mass is 309 g/mol. The van der Waals surface area contributed by atoms with Crippen LogP contribution in [0.1, 0.15) is 21.9 Å². The quantitative estimate of drug-likeness (QED) is 0.692. The lowest BCUT2D eigenvalue weighted by molar-refractivity contribution is 0.0954. The van der Waals surface area contributed by atoms with E-state index in [1.807, 2.05) is 4.90 Å². The second-order valence-corrected chi connectivity index (χ2v) is 5.71. The zero-order chi connectivity index (χ0) is 14.8. The predicted octanol–water partition coefficient (Wildman–Crippen LogP) is -0.424. The number of rotatable bonds is 4. The number of thiazole rings is 1. The van der Waals surface area contributed by atoms with Crippen LogP contribution in [0.4, 0.5) is 10.9 Å². The summed E-state index contributed by atoms with van der Waals surface area (Å²) < 4.78 is 4.59. The molecule has 21 heavy (non-hydrogen) atoms. The number of hydrogen-bond acceptors (Lipinski definition) is 9. The number of nitrogens with zero attached hydrogens (tertiary/aromatic N) is 4. The van der Waals surface area contributed by atoms with E-state index in [9.17, 15) is 4.79 Å². The molecule has 3 heterocycles. The van der Waals surface area contributed by atoms with Crippen LogP contribution in [0, 0.1) is 0 Å². The molecule has 1 unspecified atom stereocenters. The standard InChI is InChI=1S/C11H15N7O2S/c12-6-1-2-18(4-6)11-16-9(13)8(21-11)10(19)14-3-7-15-5-20-17-7/h5-6H,1-4,12-13H2,(H,14,19). The normalized spacial score (nSPS) is 18.1. The third-order valence-corrected chi connectivity index (χ3v) is 4.29. The molecular formula is C11H15N7O2S. The summed E-state index contributed by atoms with van der Waals surface area (Å²) in [6, 6.07) is 0.144. The van der Waals surface area contributed by atoms with Crippen LogP contribution in [0.25, 0.3) is 0 Å². The van der Waals surface area contributed by atoms with Crippen LogP contribution in [0.2, 0.25) is 0 Å². The average molecular weight is 309 g/mol. The molecule has 0 aromatic carbocycles. The van der Waals surface area contributed by atoms with Crippen LogP contribution in [0.5, 0.6) is 0 Å². The van der Waals surface area contributed by atoms with Crippen molar-refractivity contribution >= 4 is 28.2 Å². The molecule has 1 saturated heterocycles. The molecule has 0 radical (unpaired) electrons. The van der Waals surface area contributed by atoms with Gasteiger partial charge < -0.3 is 26.2 Å². The molecule has 1 aliphatic rings. The number of nitrogens with two attached hydrogens (primary N) is 2. The van der Waals surface area contributed by atoms with Crippen LogP contribution in [-0.2, 0) is 6.54 Å². The second kappa shape index (κ2) is 5.66. The van der Waals surface area contributed by atoms with Gasteiger partial charge in [0.25, 0.3) is 5.91 Å². The van der Waals surface area contributed by atoms with E-state index in [0.29, 0.717) is 10.7 Å². The molecule has 3 rings (SSSR count). The number of nitrogen functional groups attached to an aromatic ring is 1. The fraction of sp³-hybridized carbons (Fsp3) is 0.455. The Balaban J connectivity index is 1.67. The van der Waals surface area contributed by atoms with Crippen LogP contribution in [0.3, 0.4) is 0 Å². The van der Waals surface area contributed by atoms with Gasteiger partial charge in [0, 0.05) is 19.1 Å². The van der Waals surface area contributed by atoms with Crippen LogP contribution >= 0.6 is 11.3 Å². The van der Waals surface area contributed by atoms with Gasteiger partial charge in [0.1, 0.15) is 10.7 Å². The highest BCUT2D eigenvalue weighted by Crippen LogP contribution is 2.30. The van der Waals surface area contributed by atoms with Crippen molar-refractivity contribution in [3.05, 3.63) is 17.1 Å². The van der Waals surface area contributed by atoms with E-state index in [1.54, 1.807) is 0 Å². The molecule has 0 saturated carbocycles. The number of carbonyl (C=O) groups excluding carboxylic acids is 1. The van der Waals surface area contributed by atoms with E-state index < -0.39 is 0 Å². The minimum Gasteiger partial charge on any atom is -0.382 e. The van der Waals surface area contributed by atoms with E-state index >= 15 is 0 Å². The van der Waals surface area contributed by atoms with Crippen molar-refractivity contribution in [2.24, 2.45) is 5.73 Å². The first-order chi connectivity index (χ1) is 10.1. The maximum atomic E-state index is 12.1. The predicted molar refractivity (Wildman–Crippen MR) is 76.8 cm³/mol. The number of nitrogens with one attached hydrogen (secondary N) is 1. The topological polar surface area (TPSA) is 136 Å². The smallest absolute Gasteiger partial charge is 0.265 e. The molecule has 0 aliphatic carbocycles. The molecule has 5 N–H and O–H groups in total. The van der Waals surface area contributed by atoms with E-state index in [4.69, 9.17) is 11.5 Å². The number of anilines is 2. The first-order valence-electron chi connectivity index (χ1n) is 6.43. The van der Waals surface area contributed by atoms with Gasteiger partial charge in [0.05, 0.1) is 6.54 Å². The Kier molecular flexibility index (Phi) is 3.71. The Morgan fingerprint density at radius 3 is 3.14 bits per heavy atom. The van der Waals surface area contributed by atoms with Gasteiger partial charge in [-0.25, -0.2) is 4.98 Å². The molecule has 1 aliphatic heterocycles. The summed E-state index contributed by atoms with van der Waals surface area (Å²) in [6.45, 7) is 1.74. The van der Waals surface area contributed by atoms with Crippen molar-refractivity contribution in [1.29, 1.82) is 0 Å². The third-order valence-electron chi connectivity index (χ3n) is 3.16. The molecule has 112 valence electrons. The van der Waals surface area contributed by atoms with Gasteiger partial charge in [0.15, 0.2) is 11.0 Å². The summed E-state index contributed by atoms with van der Waals surface area (Å²) in [7, 11) is 0. The van der Waals surface area contributed by atoms with Gasteiger partial charge in [0.2, 0.25) is 6.39 Å². The Morgan fingerprint density at radius 1 is 1.62 bits per heavy atom. The lowest BCUT2D eigenvalue weighted by atomic mass is 10.3. The molecule has 1 fully saturated rings. The summed E-state index contributed by atoms with van der Waals surface area (Å²) in [6.07, 6.45) is 2.12. The number of amides is 1. The van der Waals surface area contributed by atoms with Crippen molar-refractivity contribution in [2.45, 2.75) is 19.0 Å². The lowest BCUT2D eigenvalue weighted by Crippen LogP contribution is -2.26. The van der Waals surface area contributed by atoms with Gasteiger partial charge in [-0.05, 0) is 6.42 Å². The Bertz CT molecular complexity index is 627. The first-order valence-corrected chi connectivity index (χ1v) is 7.25. The molecular weight excluding hydrogens is 294 g/mol. The summed E-state index contributed by atoms with van der Waals surface area (Å²) in [4.78, 5) is 22.6. The minimum absolute atomic E-state index is 0.144. The van der Waals surface area contributed by atoms with Crippen molar-refractivity contribution in [1.82, 2.24) is 20.4 Å². The molecule has 1 atom stereocenters. The lowest BCUT2D eigenvalue weighted by Gasteiger charge is -2.12. The number of carbonyl (C=O) groups is 1. The van der Waals surface area contributed by atoms with E-state index in [0.717, 1.165) is 24.6 Å². The summed E-state index contributed by atoms with van der Waals surface area (Å²) in [5.41, 5.74) is 11.7. The molecule has 2 aromatic rings. The number of hydrogen-bond donors (Lipinski definition) is 3. The fourth-order valence-corrected chi connectivity index (χ4v) is 3.03. The molecule has 1 amide bonds. The zero-order valence-electron chi connectivity index (χ0n) is 11.2. The fourth-order valence-electron chi connectivity index (χ4n) is 2.09. The molecule has 9 nitrogen and oxygen atoms in total. The molecule has 0 spiro atoms. The maximum absolute atomic E-state index is 12.1. The Hall–Kier alpha value is -2.20. The zero-order valence-corrected chi connectivity index (χ0v) is 12.0. The number of aromatic nitrogens is 3. The van der Waals surface area contributed by atoms with E-state index in [1.165, 1.54) is 17.7 Å². The first kappa shape index (κ1) is 13.8. The van der Waals surface area contributed by atoms with Crippen molar-refractivity contribution in [3.8, 4) is 0 Å². The van der Waals surface area contributed by atoms with Crippen molar-refractivity contribution < 1.29 is 9.32 Å². The van der Waals surface area contributed by atoms with Crippen molar-refractivity contribution in [3.63, 3.8) is 0 Å². The molecule has 10 heteroatoms. The maximum Gasteiger partial charge on any atom is 0.265 e. The van der Waals surface area contributed by atoms with E-state index in [2.05, 4.69) is 25.0 Å². The van der Waals surface area contributed by atoms with Gasteiger partial charge in [-0.3, -0.25) is 4.79 Å². The van der Waals surface area contributed by atoms with Gasteiger partial charge in [-0.15, -0.1) is 0 Å². The Labute approximate surface area is 124 Å². The highest BCUT2D eigenvalue weighted by Gasteiger charge is 2.24. The van der Waals surface area contributed by atoms with Crippen molar-refractivity contribution in [2.75, 3.05) is 23.7 Å². The highest BCUT2D eigenvalue weighted by atomic mass is 32.1. The Morgan fingerprint density at radius 2 is 2.48 bits per heavy atom. The van der Waals surface area contributed by atoms with Crippen LogP contribution < -0.4 is 21.7 Å². The minimum atomic E-state index is -0.301. The third kappa shape index (κ3) is 2.95. The van der Waals surface area contributed by atoms with Crippen LogP contribution in [0.15, 0.2) is 10.9 Å². The highest BCUT2D eigenvalue weighted by molar-refractivity contribution is 7.18.